The minimum Gasteiger partial charge on any atom is -0.491 e. The molecule has 0 fully saturated rings. The molecule has 0 saturated carbocycles. The average molecular weight is 378 g/mol. The lowest BCUT2D eigenvalue weighted by Gasteiger charge is -2.11. The Kier molecular flexibility index (Phi) is 4.82. The van der Waals surface area contributed by atoms with E-state index in [2.05, 4.69) is 40.4 Å². The molecule has 1 heterocycles. The zero-order chi connectivity index (χ0) is 18.8. The van der Waals surface area contributed by atoms with Crippen molar-refractivity contribution in [1.29, 1.82) is 0 Å². The van der Waals surface area contributed by atoms with Gasteiger partial charge in [-0.3, -0.25) is 0 Å². The summed E-state index contributed by atoms with van der Waals surface area (Å²) in [5.74, 6) is 2.47. The molecule has 136 valence electrons. The highest BCUT2D eigenvalue weighted by molar-refractivity contribution is 6.16. The lowest BCUT2D eigenvalue weighted by molar-refractivity contribution is 0.242. The molecule has 0 amide bonds. The number of aromatic nitrogens is 3. The van der Waals surface area contributed by atoms with Gasteiger partial charge in [0.05, 0.1) is 17.7 Å². The van der Waals surface area contributed by atoms with Gasteiger partial charge in [-0.15, -0.1) is 16.7 Å². The van der Waals surface area contributed by atoms with Crippen LogP contribution in [-0.2, 0) is 5.88 Å². The molecule has 0 N–H and O–H groups in total. The van der Waals surface area contributed by atoms with Crippen LogP contribution in [0.15, 0.2) is 66.7 Å². The van der Waals surface area contributed by atoms with E-state index in [9.17, 15) is 0 Å². The van der Waals surface area contributed by atoms with E-state index in [0.717, 1.165) is 28.2 Å². The number of halogens is 1. The van der Waals surface area contributed by atoms with Gasteiger partial charge < -0.3 is 4.74 Å². The Labute approximate surface area is 163 Å². The highest BCUT2D eigenvalue weighted by Crippen LogP contribution is 2.26. The fourth-order valence-electron chi connectivity index (χ4n) is 3.04. The summed E-state index contributed by atoms with van der Waals surface area (Å²) < 4.78 is 7.56. The Morgan fingerprint density at radius 2 is 1.70 bits per heavy atom. The molecule has 0 radical (unpaired) electrons. The van der Waals surface area contributed by atoms with Crippen LogP contribution < -0.4 is 4.74 Å². The summed E-state index contributed by atoms with van der Waals surface area (Å²) in [6.45, 7) is 4.02. The summed E-state index contributed by atoms with van der Waals surface area (Å²) in [7, 11) is 0. The van der Waals surface area contributed by atoms with Crippen LogP contribution in [0, 0.1) is 0 Å². The van der Waals surface area contributed by atoms with Crippen LogP contribution >= 0.6 is 11.6 Å². The number of alkyl halides is 1. The van der Waals surface area contributed by atoms with Gasteiger partial charge in [-0.05, 0) is 55.0 Å². The highest BCUT2D eigenvalue weighted by atomic mass is 35.5. The Morgan fingerprint density at radius 1 is 0.963 bits per heavy atom. The van der Waals surface area contributed by atoms with Gasteiger partial charge in [-0.2, -0.15) is 0 Å². The third kappa shape index (κ3) is 3.67. The summed E-state index contributed by atoms with van der Waals surface area (Å²) in [6, 6.07) is 22.4. The van der Waals surface area contributed by atoms with Crippen molar-refractivity contribution in [2.24, 2.45) is 0 Å². The first-order valence-electron chi connectivity index (χ1n) is 8.92. The largest absolute Gasteiger partial charge is 0.491 e. The maximum atomic E-state index is 6.01. The normalized spacial score (nSPS) is 11.3. The molecule has 0 spiro atoms. The van der Waals surface area contributed by atoms with Crippen LogP contribution in [0.2, 0.25) is 0 Å². The molecule has 3 aromatic carbocycles. The first-order valence-corrected chi connectivity index (χ1v) is 9.45. The first kappa shape index (κ1) is 17.6. The van der Waals surface area contributed by atoms with Crippen molar-refractivity contribution >= 4 is 22.4 Å². The van der Waals surface area contributed by atoms with E-state index in [1.54, 1.807) is 0 Å². The third-order valence-electron chi connectivity index (χ3n) is 4.23. The number of rotatable bonds is 5. The molecule has 4 nitrogen and oxygen atoms in total. The van der Waals surface area contributed by atoms with Crippen molar-refractivity contribution in [3.8, 4) is 22.8 Å². The van der Waals surface area contributed by atoms with E-state index in [1.165, 1.54) is 5.39 Å². The van der Waals surface area contributed by atoms with Crippen LogP contribution in [0.4, 0.5) is 0 Å². The van der Waals surface area contributed by atoms with Gasteiger partial charge >= 0.3 is 0 Å². The molecule has 1 aromatic heterocycles. The van der Waals surface area contributed by atoms with Crippen molar-refractivity contribution in [2.45, 2.75) is 25.8 Å². The average Bonchev–Trinajstić information content (AvgIpc) is 3.12. The highest BCUT2D eigenvalue weighted by Gasteiger charge is 2.14. The zero-order valence-electron chi connectivity index (χ0n) is 15.3. The topological polar surface area (TPSA) is 39.9 Å². The summed E-state index contributed by atoms with van der Waals surface area (Å²) >= 11 is 6.01. The summed E-state index contributed by atoms with van der Waals surface area (Å²) in [4.78, 5) is 4.64. The first-order chi connectivity index (χ1) is 13.1. The molecule has 0 unspecified atom stereocenters. The van der Waals surface area contributed by atoms with Gasteiger partial charge in [-0.1, -0.05) is 36.4 Å². The molecule has 4 aromatic rings. The lowest BCUT2D eigenvalue weighted by atomic mass is 10.1. The SMILES string of the molecule is CC(C)Oc1ccc(-n2nc(CCl)nc2-c2ccc3ccccc3c2)cc1. The van der Waals surface area contributed by atoms with Crippen LogP contribution in [-0.4, -0.2) is 20.9 Å². The van der Waals surface area contributed by atoms with Crippen LogP contribution in [0.25, 0.3) is 27.8 Å². The maximum absolute atomic E-state index is 6.01. The minimum atomic E-state index is 0.137. The van der Waals surface area contributed by atoms with Crippen molar-refractivity contribution in [3.05, 3.63) is 72.6 Å². The predicted octanol–water partition coefficient (Wildman–Crippen LogP) is 5.61. The second-order valence-corrected chi connectivity index (χ2v) is 6.89. The Hall–Kier alpha value is -2.85. The van der Waals surface area contributed by atoms with Crippen molar-refractivity contribution in [1.82, 2.24) is 14.8 Å². The Morgan fingerprint density at radius 3 is 2.41 bits per heavy atom. The predicted molar refractivity (Wildman–Crippen MR) is 110 cm³/mol. The Balaban J connectivity index is 1.78. The van der Waals surface area contributed by atoms with E-state index in [1.807, 2.05) is 54.9 Å². The zero-order valence-corrected chi connectivity index (χ0v) is 16.0. The van der Waals surface area contributed by atoms with Crippen molar-refractivity contribution in [2.75, 3.05) is 0 Å². The molecule has 0 saturated heterocycles. The second kappa shape index (κ2) is 7.41. The second-order valence-electron chi connectivity index (χ2n) is 6.62. The molecule has 0 aliphatic rings. The van der Waals surface area contributed by atoms with Gasteiger partial charge in [0.2, 0.25) is 0 Å². The fraction of sp³-hybridized carbons (Fsp3) is 0.182. The van der Waals surface area contributed by atoms with Gasteiger partial charge in [0, 0.05) is 5.56 Å². The van der Waals surface area contributed by atoms with Gasteiger partial charge in [0.25, 0.3) is 0 Å². The van der Waals surface area contributed by atoms with Crippen molar-refractivity contribution in [3.63, 3.8) is 0 Å². The lowest BCUT2D eigenvalue weighted by Crippen LogP contribution is -2.06. The van der Waals surface area contributed by atoms with E-state index in [0.29, 0.717) is 5.82 Å². The number of benzene rings is 3. The molecule has 0 atom stereocenters. The third-order valence-corrected chi connectivity index (χ3v) is 4.47. The molecular formula is C22H20ClN3O. The smallest absolute Gasteiger partial charge is 0.166 e. The van der Waals surface area contributed by atoms with Crippen molar-refractivity contribution < 1.29 is 4.74 Å². The van der Waals surface area contributed by atoms with Crippen LogP contribution in [0.3, 0.4) is 0 Å². The van der Waals surface area contributed by atoms with Gasteiger partial charge in [0.15, 0.2) is 11.6 Å². The number of nitrogens with zero attached hydrogens (tertiary/aromatic N) is 3. The Bertz CT molecular complexity index is 1070. The molecule has 5 heteroatoms. The summed E-state index contributed by atoms with van der Waals surface area (Å²) in [5, 5.41) is 6.94. The summed E-state index contributed by atoms with van der Waals surface area (Å²) in [6.07, 6.45) is 0.137. The van der Waals surface area contributed by atoms with E-state index in [4.69, 9.17) is 16.3 Å². The van der Waals surface area contributed by atoms with Gasteiger partial charge in [0.1, 0.15) is 5.75 Å². The molecular weight excluding hydrogens is 358 g/mol. The van der Waals surface area contributed by atoms with E-state index >= 15 is 0 Å². The number of fused-ring (bicyclic) bond motifs is 1. The van der Waals surface area contributed by atoms with Gasteiger partial charge in [-0.25, -0.2) is 9.67 Å². The number of hydrogen-bond acceptors (Lipinski definition) is 3. The molecule has 27 heavy (non-hydrogen) atoms. The van der Waals surface area contributed by atoms with Crippen LogP contribution in [0.5, 0.6) is 5.75 Å². The number of hydrogen-bond donors (Lipinski definition) is 0. The fourth-order valence-corrected chi connectivity index (χ4v) is 3.16. The van der Waals surface area contributed by atoms with Crippen LogP contribution in [0.1, 0.15) is 19.7 Å². The minimum absolute atomic E-state index is 0.137. The molecule has 0 aliphatic heterocycles. The summed E-state index contributed by atoms with van der Waals surface area (Å²) in [5.41, 5.74) is 1.92. The molecule has 4 rings (SSSR count). The quantitative estimate of drug-likeness (QED) is 0.424. The molecule has 0 aliphatic carbocycles. The van der Waals surface area contributed by atoms with E-state index < -0.39 is 0 Å². The monoisotopic (exact) mass is 377 g/mol. The van der Waals surface area contributed by atoms with E-state index in [-0.39, 0.29) is 12.0 Å². The number of ether oxygens (including phenoxy) is 1. The maximum Gasteiger partial charge on any atom is 0.166 e. The molecule has 0 bridgehead atoms. The standard InChI is InChI=1S/C22H20ClN3O/c1-15(2)27-20-11-9-19(10-12-20)26-22(24-21(14-23)25-26)18-8-7-16-5-3-4-6-17(16)13-18/h3-13,15H,14H2,1-2H3.